The zero-order valence-electron chi connectivity index (χ0n) is 29.9. The Hall–Kier alpha value is -3.46. The molecule has 2 fully saturated rings. The summed E-state index contributed by atoms with van der Waals surface area (Å²) < 4.78 is 24.3. The Balaban J connectivity index is 1.47. The molecule has 0 aromatic carbocycles. The minimum Gasteiger partial charge on any atom is -0.444 e. The average molecular weight is 763 g/mol. The average Bonchev–Trinajstić information content (AvgIpc) is 3.62. The summed E-state index contributed by atoms with van der Waals surface area (Å²) in [5.41, 5.74) is 0.186. The van der Waals surface area contributed by atoms with Crippen LogP contribution >= 0.6 is 27.5 Å². The number of aromatic nitrogens is 4. The summed E-state index contributed by atoms with van der Waals surface area (Å²) in [7, 11) is 0. The summed E-state index contributed by atoms with van der Waals surface area (Å²) in [6, 6.07) is 3.79. The van der Waals surface area contributed by atoms with Crippen LogP contribution in [0.5, 0.6) is 0 Å². The molecule has 0 N–H and O–H groups in total. The minimum atomic E-state index is -0.770. The lowest BCUT2D eigenvalue weighted by Gasteiger charge is -2.34. The second kappa shape index (κ2) is 14.0. The molecule has 3 amide bonds. The summed E-state index contributed by atoms with van der Waals surface area (Å²) >= 11 is 4.80. The highest BCUT2D eigenvalue weighted by atomic mass is 79.9. The molecule has 0 bridgehead atoms. The molecule has 3 aromatic rings. The van der Waals surface area contributed by atoms with E-state index < -0.39 is 22.9 Å². The largest absolute Gasteiger partial charge is 0.444 e. The van der Waals surface area contributed by atoms with Crippen LogP contribution in [0.3, 0.4) is 0 Å². The lowest BCUT2D eigenvalue weighted by molar-refractivity contribution is 0.0190. The standard InChI is InChI=1S/C34H48BrN7O6S/c1-32(2,3)46-29(43)39-15-12-21(13-16-39)25-18-27(49-38-25)41(31(45)48-34(7,8)9)26-17-24(37-28-23(35)19-36-42(26)28)22-11-10-14-40(20-22)30(44)47-33(4,5)6/h17-19,21-22H,10-16,20H2,1-9H3. The van der Waals surface area contributed by atoms with Gasteiger partial charge in [-0.3, -0.25) is 0 Å². The maximum atomic E-state index is 14.1. The van der Waals surface area contributed by atoms with Crippen molar-refractivity contribution < 1.29 is 28.6 Å². The van der Waals surface area contributed by atoms with Crippen molar-refractivity contribution in [3.63, 3.8) is 0 Å². The maximum absolute atomic E-state index is 14.1. The predicted octanol–water partition coefficient (Wildman–Crippen LogP) is 8.25. The Labute approximate surface area is 300 Å². The molecular weight excluding hydrogens is 714 g/mol. The number of anilines is 2. The van der Waals surface area contributed by atoms with Gasteiger partial charge in [0.25, 0.3) is 0 Å². The van der Waals surface area contributed by atoms with Gasteiger partial charge in [0.2, 0.25) is 0 Å². The van der Waals surface area contributed by atoms with E-state index in [-0.39, 0.29) is 24.0 Å². The number of carbonyl (C=O) groups is 3. The molecule has 2 aliphatic heterocycles. The molecule has 0 spiro atoms. The van der Waals surface area contributed by atoms with E-state index in [1.807, 2.05) is 74.4 Å². The first kappa shape index (κ1) is 36.8. The Morgan fingerprint density at radius 2 is 1.43 bits per heavy atom. The Morgan fingerprint density at radius 1 is 0.816 bits per heavy atom. The van der Waals surface area contributed by atoms with Crippen LogP contribution in [-0.4, -0.2) is 90.0 Å². The number of piperidine rings is 2. The smallest absolute Gasteiger partial charge is 0.421 e. The zero-order valence-corrected chi connectivity index (χ0v) is 32.3. The topological polar surface area (TPSA) is 132 Å². The van der Waals surface area contributed by atoms with Crippen molar-refractivity contribution in [2.75, 3.05) is 31.1 Å². The number of rotatable bonds is 4. The highest BCUT2D eigenvalue weighted by Crippen LogP contribution is 2.39. The van der Waals surface area contributed by atoms with Gasteiger partial charge in [-0.15, -0.1) is 0 Å². The van der Waals surface area contributed by atoms with Gasteiger partial charge in [0.1, 0.15) is 27.6 Å². The third-order valence-corrected chi connectivity index (χ3v) is 9.38. The van der Waals surface area contributed by atoms with Gasteiger partial charge in [0.15, 0.2) is 5.65 Å². The van der Waals surface area contributed by atoms with E-state index in [0.29, 0.717) is 47.1 Å². The highest BCUT2D eigenvalue weighted by molar-refractivity contribution is 9.10. The first-order chi connectivity index (χ1) is 22.8. The van der Waals surface area contributed by atoms with Crippen molar-refractivity contribution >= 4 is 62.2 Å². The molecule has 1 atom stereocenters. The number of ether oxygens (including phenoxy) is 3. The molecule has 5 rings (SSSR count). The third-order valence-electron chi connectivity index (χ3n) is 8.03. The van der Waals surface area contributed by atoms with E-state index in [1.165, 1.54) is 16.4 Å². The molecule has 2 saturated heterocycles. The number of amides is 3. The van der Waals surface area contributed by atoms with E-state index >= 15 is 0 Å². The van der Waals surface area contributed by atoms with Crippen LogP contribution in [0.1, 0.15) is 111 Å². The van der Waals surface area contributed by atoms with Gasteiger partial charge < -0.3 is 24.0 Å². The number of hydrogen-bond donors (Lipinski definition) is 0. The maximum Gasteiger partial charge on any atom is 0.421 e. The van der Waals surface area contributed by atoms with Crippen molar-refractivity contribution in [3.8, 4) is 0 Å². The molecule has 13 nitrogen and oxygen atoms in total. The Kier molecular flexibility index (Phi) is 10.6. The number of hydrogen-bond acceptors (Lipinski definition) is 10. The fraction of sp³-hybridized carbons (Fsp3) is 0.647. The first-order valence-corrected chi connectivity index (χ1v) is 18.3. The van der Waals surface area contributed by atoms with Gasteiger partial charge in [-0.25, -0.2) is 24.3 Å². The summed E-state index contributed by atoms with van der Waals surface area (Å²) in [6.45, 7) is 18.8. The van der Waals surface area contributed by atoms with Crippen molar-refractivity contribution in [1.29, 1.82) is 0 Å². The molecule has 5 heterocycles. The normalized spacial score (nSPS) is 18.0. The fourth-order valence-electron chi connectivity index (χ4n) is 5.88. The van der Waals surface area contributed by atoms with Gasteiger partial charge in [0, 0.05) is 44.1 Å². The van der Waals surface area contributed by atoms with Gasteiger partial charge >= 0.3 is 18.3 Å². The SMILES string of the molecule is CC(C)(C)OC(=O)N1CCC(c2cc(N(C(=O)OC(C)(C)C)c3cc(C4CCCN(C(=O)OC(C)(C)C)C4)nc4c(Br)cnn34)sn2)CC1. The van der Waals surface area contributed by atoms with Crippen LogP contribution in [0.2, 0.25) is 0 Å². The van der Waals surface area contributed by atoms with Crippen LogP contribution in [-0.2, 0) is 14.2 Å². The summed E-state index contributed by atoms with van der Waals surface area (Å²) in [6.07, 6.45) is 3.45. The molecule has 0 aliphatic carbocycles. The molecule has 0 radical (unpaired) electrons. The molecule has 268 valence electrons. The second-order valence-corrected chi connectivity index (χ2v) is 17.3. The number of nitrogens with zero attached hydrogens (tertiary/aromatic N) is 7. The zero-order chi connectivity index (χ0) is 35.9. The highest BCUT2D eigenvalue weighted by Gasteiger charge is 2.35. The summed E-state index contributed by atoms with van der Waals surface area (Å²) in [4.78, 5) is 49.6. The molecular formula is C34H48BrN7O6S. The number of likely N-dealkylation sites (tertiary alicyclic amines) is 2. The van der Waals surface area contributed by atoms with E-state index in [1.54, 1.807) is 20.5 Å². The predicted molar refractivity (Wildman–Crippen MR) is 191 cm³/mol. The van der Waals surface area contributed by atoms with E-state index in [0.717, 1.165) is 37.1 Å². The van der Waals surface area contributed by atoms with Crippen molar-refractivity contribution in [2.24, 2.45) is 0 Å². The van der Waals surface area contributed by atoms with Crippen molar-refractivity contribution in [3.05, 3.63) is 34.2 Å². The van der Waals surface area contributed by atoms with E-state index in [2.05, 4.69) is 21.0 Å². The molecule has 15 heteroatoms. The fourth-order valence-corrected chi connectivity index (χ4v) is 7.05. The van der Waals surface area contributed by atoms with E-state index in [4.69, 9.17) is 23.6 Å². The lowest BCUT2D eigenvalue weighted by Crippen LogP contribution is -2.42. The van der Waals surface area contributed by atoms with Crippen LogP contribution in [0, 0.1) is 0 Å². The van der Waals surface area contributed by atoms with Crippen LogP contribution < -0.4 is 4.90 Å². The number of halogens is 1. The van der Waals surface area contributed by atoms with Gasteiger partial charge in [-0.05, 0) is 122 Å². The van der Waals surface area contributed by atoms with Gasteiger partial charge in [0.05, 0.1) is 22.1 Å². The molecule has 1 unspecified atom stereocenters. The van der Waals surface area contributed by atoms with Crippen molar-refractivity contribution in [1.82, 2.24) is 28.8 Å². The first-order valence-electron chi connectivity index (χ1n) is 16.8. The number of carbonyl (C=O) groups excluding carboxylic acids is 3. The van der Waals surface area contributed by atoms with Crippen LogP contribution in [0.4, 0.5) is 25.2 Å². The summed E-state index contributed by atoms with van der Waals surface area (Å²) in [5, 5.41) is 5.14. The second-order valence-electron chi connectivity index (χ2n) is 15.7. The molecule has 49 heavy (non-hydrogen) atoms. The van der Waals surface area contributed by atoms with E-state index in [9.17, 15) is 14.4 Å². The Bertz CT molecular complexity index is 1680. The van der Waals surface area contributed by atoms with Crippen LogP contribution in [0.25, 0.3) is 5.65 Å². The quantitative estimate of drug-likeness (QED) is 0.241. The Morgan fingerprint density at radius 3 is 2.04 bits per heavy atom. The lowest BCUT2D eigenvalue weighted by atomic mass is 9.94. The monoisotopic (exact) mass is 761 g/mol. The van der Waals surface area contributed by atoms with Crippen molar-refractivity contribution in [2.45, 2.75) is 117 Å². The molecule has 2 aliphatic rings. The third kappa shape index (κ3) is 9.21. The molecule has 3 aromatic heterocycles. The summed E-state index contributed by atoms with van der Waals surface area (Å²) in [5.74, 6) is 0.459. The molecule has 0 saturated carbocycles. The minimum absolute atomic E-state index is 0.0977. The number of fused-ring (bicyclic) bond motifs is 1. The van der Waals surface area contributed by atoms with Gasteiger partial charge in [-0.2, -0.15) is 14.0 Å². The van der Waals surface area contributed by atoms with Crippen LogP contribution in [0.15, 0.2) is 22.8 Å². The van der Waals surface area contributed by atoms with Gasteiger partial charge in [-0.1, -0.05) is 0 Å².